The van der Waals surface area contributed by atoms with Gasteiger partial charge in [0.15, 0.2) is 11.6 Å². The molecule has 0 aliphatic carbocycles. The lowest BCUT2D eigenvalue weighted by Gasteiger charge is -2.09. The number of benzene rings is 1. The molecule has 0 aliphatic heterocycles. The van der Waals surface area contributed by atoms with Gasteiger partial charge in [-0.05, 0) is 25.1 Å². The number of rotatable bonds is 4. The van der Waals surface area contributed by atoms with E-state index in [1.54, 1.807) is 18.3 Å². The molecule has 0 unspecified atom stereocenters. The minimum atomic E-state index is -0.351. The molecule has 5 heteroatoms. The topological polar surface area (TPSA) is 27.1 Å². The molecule has 0 radical (unpaired) electrons. The van der Waals surface area contributed by atoms with E-state index in [-0.39, 0.29) is 11.6 Å². The second kappa shape index (κ2) is 5.31. The van der Waals surface area contributed by atoms with Crippen molar-refractivity contribution in [2.45, 2.75) is 13.5 Å². The van der Waals surface area contributed by atoms with Crippen LogP contribution in [0.25, 0.3) is 0 Å². The molecule has 2 rings (SSSR count). The average molecular weight is 299 g/mol. The molecule has 2 aromatic rings. The fourth-order valence-corrected chi connectivity index (χ4v) is 1.82. The first-order valence-electron chi connectivity index (χ1n) is 5.22. The Balaban J connectivity index is 1.94. The predicted molar refractivity (Wildman–Crippen MR) is 66.6 cm³/mol. The number of ether oxygens (including phenoxy) is 1. The number of hydrogen-bond acceptors (Lipinski definition) is 2. The Bertz CT molecular complexity index is 513. The molecule has 17 heavy (non-hydrogen) atoms. The highest BCUT2D eigenvalue weighted by Gasteiger charge is 2.04. The fraction of sp³-hybridized carbons (Fsp3) is 0.250. The van der Waals surface area contributed by atoms with E-state index in [1.807, 2.05) is 17.7 Å². The summed E-state index contributed by atoms with van der Waals surface area (Å²) in [6, 6.07) is 4.64. The van der Waals surface area contributed by atoms with Crippen molar-refractivity contribution >= 4 is 15.9 Å². The highest BCUT2D eigenvalue weighted by Crippen LogP contribution is 2.22. The van der Waals surface area contributed by atoms with E-state index in [0.29, 0.717) is 13.2 Å². The fourth-order valence-electron chi connectivity index (χ4n) is 1.48. The first kappa shape index (κ1) is 12.1. The van der Waals surface area contributed by atoms with E-state index in [4.69, 9.17) is 4.74 Å². The monoisotopic (exact) mass is 298 g/mol. The Morgan fingerprint density at radius 1 is 1.47 bits per heavy atom. The lowest BCUT2D eigenvalue weighted by molar-refractivity contribution is 0.283. The molecule has 90 valence electrons. The number of halogens is 2. The molecular formula is C12H12BrFN2O. The molecule has 0 saturated carbocycles. The number of hydrogen-bond donors (Lipinski definition) is 0. The summed E-state index contributed by atoms with van der Waals surface area (Å²) in [6.07, 6.45) is 3.60. The first-order valence-corrected chi connectivity index (χ1v) is 6.01. The van der Waals surface area contributed by atoms with E-state index in [0.717, 1.165) is 10.3 Å². The van der Waals surface area contributed by atoms with E-state index in [2.05, 4.69) is 20.9 Å². The van der Waals surface area contributed by atoms with Gasteiger partial charge in [-0.1, -0.05) is 15.9 Å². The molecule has 0 saturated heterocycles. The molecular weight excluding hydrogens is 287 g/mol. The van der Waals surface area contributed by atoms with Crippen molar-refractivity contribution in [3.8, 4) is 5.75 Å². The van der Waals surface area contributed by atoms with Crippen molar-refractivity contribution < 1.29 is 9.13 Å². The second-order valence-corrected chi connectivity index (χ2v) is 4.51. The smallest absolute Gasteiger partial charge is 0.165 e. The third-order valence-corrected chi connectivity index (χ3v) is 2.90. The lowest BCUT2D eigenvalue weighted by Crippen LogP contribution is -2.09. The first-order chi connectivity index (χ1) is 8.16. The van der Waals surface area contributed by atoms with Crippen LogP contribution in [-0.4, -0.2) is 16.2 Å². The maximum Gasteiger partial charge on any atom is 0.165 e. The van der Waals surface area contributed by atoms with Crippen LogP contribution in [0.4, 0.5) is 4.39 Å². The van der Waals surface area contributed by atoms with Crippen LogP contribution in [0, 0.1) is 12.7 Å². The van der Waals surface area contributed by atoms with E-state index in [9.17, 15) is 4.39 Å². The van der Waals surface area contributed by atoms with Gasteiger partial charge in [-0.25, -0.2) is 9.37 Å². The van der Waals surface area contributed by atoms with Crippen LogP contribution in [0.2, 0.25) is 0 Å². The maximum absolute atomic E-state index is 13.3. The van der Waals surface area contributed by atoms with Gasteiger partial charge in [-0.15, -0.1) is 0 Å². The van der Waals surface area contributed by atoms with Crippen molar-refractivity contribution in [3.63, 3.8) is 0 Å². The molecule has 0 aliphatic rings. The SMILES string of the molecule is Cc1nccn1CCOc1cc(Br)ccc1F. The van der Waals surface area contributed by atoms with Gasteiger partial charge in [-0.3, -0.25) is 0 Å². The van der Waals surface area contributed by atoms with Gasteiger partial charge in [0.2, 0.25) is 0 Å². The van der Waals surface area contributed by atoms with Crippen molar-refractivity contribution in [1.29, 1.82) is 0 Å². The van der Waals surface area contributed by atoms with Gasteiger partial charge in [0.05, 0.1) is 6.54 Å². The summed E-state index contributed by atoms with van der Waals surface area (Å²) in [5.74, 6) is 0.830. The Morgan fingerprint density at radius 2 is 2.29 bits per heavy atom. The minimum Gasteiger partial charge on any atom is -0.489 e. The number of nitrogens with zero attached hydrogens (tertiary/aromatic N) is 2. The van der Waals surface area contributed by atoms with Gasteiger partial charge < -0.3 is 9.30 Å². The van der Waals surface area contributed by atoms with Crippen LogP contribution >= 0.6 is 15.9 Å². The van der Waals surface area contributed by atoms with Gasteiger partial charge in [-0.2, -0.15) is 0 Å². The van der Waals surface area contributed by atoms with Crippen LogP contribution in [0.3, 0.4) is 0 Å². The van der Waals surface area contributed by atoms with Crippen molar-refractivity contribution in [2.75, 3.05) is 6.61 Å². The van der Waals surface area contributed by atoms with Crippen molar-refractivity contribution in [2.24, 2.45) is 0 Å². The molecule has 0 atom stereocenters. The zero-order chi connectivity index (χ0) is 12.3. The summed E-state index contributed by atoms with van der Waals surface area (Å²) < 4.78 is 21.5. The highest BCUT2D eigenvalue weighted by atomic mass is 79.9. The van der Waals surface area contributed by atoms with Crippen LogP contribution in [0.5, 0.6) is 5.75 Å². The predicted octanol–water partition coefficient (Wildman–Crippen LogP) is 3.17. The largest absolute Gasteiger partial charge is 0.489 e. The normalized spacial score (nSPS) is 10.5. The molecule has 0 spiro atoms. The standard InChI is InChI=1S/C12H12BrFN2O/c1-9-15-4-5-16(9)6-7-17-12-8-10(13)2-3-11(12)14/h2-5,8H,6-7H2,1H3. The molecule has 0 amide bonds. The summed E-state index contributed by atoms with van der Waals surface area (Å²) in [7, 11) is 0. The Hall–Kier alpha value is -1.36. The lowest BCUT2D eigenvalue weighted by atomic mass is 10.3. The maximum atomic E-state index is 13.3. The molecule has 0 bridgehead atoms. The van der Waals surface area contributed by atoms with Crippen LogP contribution in [0.15, 0.2) is 35.1 Å². The van der Waals surface area contributed by atoms with E-state index >= 15 is 0 Å². The number of aryl methyl sites for hydroxylation is 1. The van der Waals surface area contributed by atoms with Gasteiger partial charge >= 0.3 is 0 Å². The number of aromatic nitrogens is 2. The van der Waals surface area contributed by atoms with Gasteiger partial charge in [0.25, 0.3) is 0 Å². The third kappa shape index (κ3) is 3.06. The molecule has 1 aromatic heterocycles. The average Bonchev–Trinajstić information content (AvgIpc) is 2.70. The molecule has 1 heterocycles. The number of imidazole rings is 1. The molecule has 1 aromatic carbocycles. The van der Waals surface area contributed by atoms with Crippen LogP contribution < -0.4 is 4.74 Å². The quantitative estimate of drug-likeness (QED) is 0.867. The minimum absolute atomic E-state index is 0.261. The van der Waals surface area contributed by atoms with Crippen molar-refractivity contribution in [1.82, 2.24) is 9.55 Å². The Morgan fingerprint density at radius 3 is 3.00 bits per heavy atom. The third-order valence-electron chi connectivity index (χ3n) is 2.41. The summed E-state index contributed by atoms with van der Waals surface area (Å²) in [6.45, 7) is 2.97. The van der Waals surface area contributed by atoms with E-state index < -0.39 is 0 Å². The van der Waals surface area contributed by atoms with Gasteiger partial charge in [0.1, 0.15) is 12.4 Å². The summed E-state index contributed by atoms with van der Waals surface area (Å²) in [5, 5.41) is 0. The molecule has 0 fully saturated rings. The Labute approximate surface area is 107 Å². The molecule has 0 N–H and O–H groups in total. The van der Waals surface area contributed by atoms with Gasteiger partial charge in [0, 0.05) is 16.9 Å². The summed E-state index contributed by atoms with van der Waals surface area (Å²) >= 11 is 3.28. The Kier molecular flexibility index (Phi) is 3.78. The molecule has 3 nitrogen and oxygen atoms in total. The summed E-state index contributed by atoms with van der Waals surface area (Å²) in [4.78, 5) is 4.10. The van der Waals surface area contributed by atoms with E-state index in [1.165, 1.54) is 6.07 Å². The zero-order valence-corrected chi connectivity index (χ0v) is 10.9. The zero-order valence-electron chi connectivity index (χ0n) is 9.36. The van der Waals surface area contributed by atoms with Crippen LogP contribution in [-0.2, 0) is 6.54 Å². The highest BCUT2D eigenvalue weighted by molar-refractivity contribution is 9.10. The van der Waals surface area contributed by atoms with Crippen molar-refractivity contribution in [3.05, 3.63) is 46.7 Å². The van der Waals surface area contributed by atoms with Crippen LogP contribution in [0.1, 0.15) is 5.82 Å². The second-order valence-electron chi connectivity index (χ2n) is 3.59. The summed E-state index contributed by atoms with van der Waals surface area (Å²) in [5.41, 5.74) is 0.